The van der Waals surface area contributed by atoms with Gasteiger partial charge in [0.25, 0.3) is 0 Å². The molecule has 1 aromatic carbocycles. The quantitative estimate of drug-likeness (QED) is 0.826. The van der Waals surface area contributed by atoms with Gasteiger partial charge in [-0.2, -0.15) is 0 Å². The van der Waals surface area contributed by atoms with Crippen LogP contribution in [0, 0.1) is 0 Å². The third-order valence-electron chi connectivity index (χ3n) is 2.90. The van der Waals surface area contributed by atoms with Gasteiger partial charge in [0.2, 0.25) is 5.91 Å². The summed E-state index contributed by atoms with van der Waals surface area (Å²) in [5.74, 6) is 0.00571. The van der Waals surface area contributed by atoms with Crippen LogP contribution in [0.3, 0.4) is 0 Å². The Morgan fingerprint density at radius 3 is 3.18 bits per heavy atom. The first kappa shape index (κ1) is 11.9. The van der Waals surface area contributed by atoms with Crippen LogP contribution in [0.15, 0.2) is 24.3 Å². The highest BCUT2D eigenvalue weighted by molar-refractivity contribution is 5.73. The largest absolute Gasteiger partial charge is 0.353 e. The van der Waals surface area contributed by atoms with Gasteiger partial charge in [-0.1, -0.05) is 30.4 Å². The van der Waals surface area contributed by atoms with Crippen molar-refractivity contribution in [1.29, 1.82) is 0 Å². The van der Waals surface area contributed by atoms with Crippen LogP contribution in [-0.4, -0.2) is 19.0 Å². The Hall–Kier alpha value is -1.61. The van der Waals surface area contributed by atoms with Crippen molar-refractivity contribution >= 4 is 12.0 Å². The molecule has 0 saturated heterocycles. The number of benzene rings is 1. The summed E-state index contributed by atoms with van der Waals surface area (Å²) in [4.78, 5) is 10.7. The predicted molar refractivity (Wildman–Crippen MR) is 69.6 cm³/mol. The summed E-state index contributed by atoms with van der Waals surface area (Å²) in [5.41, 5.74) is 4.04. The molecule has 0 radical (unpaired) electrons. The molecular formula is C14H18N2O. The van der Waals surface area contributed by atoms with Crippen LogP contribution in [-0.2, 0) is 17.8 Å². The lowest BCUT2D eigenvalue weighted by Gasteiger charge is -2.17. The van der Waals surface area contributed by atoms with E-state index in [1.807, 2.05) is 6.08 Å². The molecule has 17 heavy (non-hydrogen) atoms. The van der Waals surface area contributed by atoms with Crippen LogP contribution in [0.4, 0.5) is 0 Å². The summed E-state index contributed by atoms with van der Waals surface area (Å²) in [7, 11) is 0. The third kappa shape index (κ3) is 3.43. The van der Waals surface area contributed by atoms with E-state index in [2.05, 4.69) is 34.9 Å². The molecule has 1 heterocycles. The average molecular weight is 230 g/mol. The van der Waals surface area contributed by atoms with Gasteiger partial charge < -0.3 is 10.6 Å². The highest BCUT2D eigenvalue weighted by atomic mass is 16.1. The van der Waals surface area contributed by atoms with Crippen LogP contribution in [0.25, 0.3) is 6.08 Å². The van der Waals surface area contributed by atoms with Crippen molar-refractivity contribution in [3.8, 4) is 0 Å². The minimum absolute atomic E-state index is 0.00571. The number of carbonyl (C=O) groups is 1. The minimum Gasteiger partial charge on any atom is -0.353 e. The molecule has 3 nitrogen and oxygen atoms in total. The number of amides is 1. The first-order valence-corrected chi connectivity index (χ1v) is 5.99. The van der Waals surface area contributed by atoms with E-state index in [0.29, 0.717) is 6.54 Å². The number of carbonyl (C=O) groups excluding carboxylic acids is 1. The zero-order chi connectivity index (χ0) is 12.1. The van der Waals surface area contributed by atoms with Crippen LogP contribution < -0.4 is 10.6 Å². The Bertz CT molecular complexity index is 438. The molecule has 1 aliphatic heterocycles. The highest BCUT2D eigenvalue weighted by Gasteiger charge is 2.07. The van der Waals surface area contributed by atoms with Crippen molar-refractivity contribution in [2.24, 2.45) is 0 Å². The van der Waals surface area contributed by atoms with E-state index in [0.717, 1.165) is 19.5 Å². The number of hydrogen-bond acceptors (Lipinski definition) is 2. The fourth-order valence-corrected chi connectivity index (χ4v) is 2.00. The van der Waals surface area contributed by atoms with Gasteiger partial charge >= 0.3 is 0 Å². The zero-order valence-electron chi connectivity index (χ0n) is 10.1. The maximum atomic E-state index is 10.7. The Morgan fingerprint density at radius 1 is 1.47 bits per heavy atom. The molecule has 1 amide bonds. The van der Waals surface area contributed by atoms with Gasteiger partial charge in [-0.05, 0) is 29.7 Å². The molecule has 0 saturated carbocycles. The summed E-state index contributed by atoms with van der Waals surface area (Å²) < 4.78 is 0. The second kappa shape index (κ2) is 5.64. The summed E-state index contributed by atoms with van der Waals surface area (Å²) in [5, 5.41) is 6.10. The Labute approximate surface area is 102 Å². The molecule has 90 valence electrons. The lowest BCUT2D eigenvalue weighted by atomic mass is 9.98. The van der Waals surface area contributed by atoms with E-state index in [9.17, 15) is 4.79 Å². The van der Waals surface area contributed by atoms with Gasteiger partial charge in [0.15, 0.2) is 0 Å². The second-order valence-corrected chi connectivity index (χ2v) is 4.29. The monoisotopic (exact) mass is 230 g/mol. The third-order valence-corrected chi connectivity index (χ3v) is 2.90. The van der Waals surface area contributed by atoms with Crippen molar-refractivity contribution in [2.75, 3.05) is 13.1 Å². The molecule has 3 heteroatoms. The van der Waals surface area contributed by atoms with Crippen LogP contribution in [0.5, 0.6) is 0 Å². The van der Waals surface area contributed by atoms with E-state index >= 15 is 0 Å². The topological polar surface area (TPSA) is 41.1 Å². The van der Waals surface area contributed by atoms with Crippen molar-refractivity contribution < 1.29 is 4.79 Å². The number of hydrogen-bond donors (Lipinski definition) is 2. The molecule has 0 unspecified atom stereocenters. The standard InChI is InChI=1S/C14H18N2O/c1-11(17)16-7-2-3-12-4-5-14-10-15-8-6-13(14)9-12/h2-5,9,15H,6-8,10H2,1H3,(H,16,17). The first-order chi connectivity index (χ1) is 8.25. The fraction of sp³-hybridized carbons (Fsp3) is 0.357. The Kier molecular flexibility index (Phi) is 3.94. The molecule has 2 rings (SSSR count). The van der Waals surface area contributed by atoms with Crippen molar-refractivity contribution in [2.45, 2.75) is 19.9 Å². The minimum atomic E-state index is 0.00571. The number of nitrogens with one attached hydrogen (secondary N) is 2. The molecule has 0 aliphatic carbocycles. The van der Waals surface area contributed by atoms with Gasteiger partial charge in [-0.15, -0.1) is 0 Å². The van der Waals surface area contributed by atoms with Crippen LogP contribution in [0.2, 0.25) is 0 Å². The molecule has 1 aliphatic rings. The van der Waals surface area contributed by atoms with Gasteiger partial charge in [-0.3, -0.25) is 4.79 Å². The van der Waals surface area contributed by atoms with Gasteiger partial charge in [-0.25, -0.2) is 0 Å². The van der Waals surface area contributed by atoms with E-state index in [1.165, 1.54) is 23.6 Å². The zero-order valence-corrected chi connectivity index (χ0v) is 10.1. The fourth-order valence-electron chi connectivity index (χ4n) is 2.00. The number of rotatable bonds is 3. The molecule has 0 fully saturated rings. The summed E-state index contributed by atoms with van der Waals surface area (Å²) in [6.07, 6.45) is 5.13. The molecule has 0 aromatic heterocycles. The van der Waals surface area contributed by atoms with E-state index in [-0.39, 0.29) is 5.91 Å². The lowest BCUT2D eigenvalue weighted by Crippen LogP contribution is -2.23. The van der Waals surface area contributed by atoms with Gasteiger partial charge in [0, 0.05) is 20.0 Å². The molecule has 0 spiro atoms. The smallest absolute Gasteiger partial charge is 0.217 e. The first-order valence-electron chi connectivity index (χ1n) is 5.99. The van der Waals surface area contributed by atoms with E-state index in [4.69, 9.17) is 0 Å². The SMILES string of the molecule is CC(=O)NCC=Cc1ccc2c(c1)CCNC2. The van der Waals surface area contributed by atoms with Crippen molar-refractivity contribution in [3.05, 3.63) is 41.0 Å². The maximum absolute atomic E-state index is 10.7. The van der Waals surface area contributed by atoms with Gasteiger partial charge in [0.05, 0.1) is 0 Å². The van der Waals surface area contributed by atoms with Crippen LogP contribution >= 0.6 is 0 Å². The van der Waals surface area contributed by atoms with Crippen molar-refractivity contribution in [1.82, 2.24) is 10.6 Å². The second-order valence-electron chi connectivity index (χ2n) is 4.29. The summed E-state index contributed by atoms with van der Waals surface area (Å²) >= 11 is 0. The highest BCUT2D eigenvalue weighted by Crippen LogP contribution is 2.16. The number of fused-ring (bicyclic) bond motifs is 1. The predicted octanol–water partition coefficient (Wildman–Crippen LogP) is 1.48. The summed E-state index contributed by atoms with van der Waals surface area (Å²) in [6.45, 7) is 4.16. The average Bonchev–Trinajstić information content (AvgIpc) is 2.34. The van der Waals surface area contributed by atoms with Crippen molar-refractivity contribution in [3.63, 3.8) is 0 Å². The Balaban J connectivity index is 1.99. The van der Waals surface area contributed by atoms with E-state index < -0.39 is 0 Å². The molecule has 1 aromatic rings. The molecule has 0 bridgehead atoms. The van der Waals surface area contributed by atoms with E-state index in [1.54, 1.807) is 0 Å². The lowest BCUT2D eigenvalue weighted by molar-refractivity contribution is -0.118. The summed E-state index contributed by atoms with van der Waals surface area (Å²) in [6, 6.07) is 6.54. The van der Waals surface area contributed by atoms with Crippen LogP contribution in [0.1, 0.15) is 23.6 Å². The maximum Gasteiger partial charge on any atom is 0.217 e. The normalized spacial score (nSPS) is 14.6. The molecule has 0 atom stereocenters. The van der Waals surface area contributed by atoms with Gasteiger partial charge in [0.1, 0.15) is 0 Å². The Morgan fingerprint density at radius 2 is 2.35 bits per heavy atom. The molecule has 2 N–H and O–H groups in total. The molecular weight excluding hydrogens is 212 g/mol.